The number of aromatic nitrogens is 2. The second-order valence-electron chi connectivity index (χ2n) is 5.20. The van der Waals surface area contributed by atoms with E-state index in [4.69, 9.17) is 5.73 Å². The van der Waals surface area contributed by atoms with Gasteiger partial charge in [-0.2, -0.15) is 5.10 Å². The van der Waals surface area contributed by atoms with Crippen LogP contribution < -0.4 is 5.73 Å². The zero-order valence-corrected chi connectivity index (χ0v) is 11.8. The lowest BCUT2D eigenvalue weighted by Gasteiger charge is -2.18. The molecule has 0 bridgehead atoms. The van der Waals surface area contributed by atoms with Gasteiger partial charge >= 0.3 is 0 Å². The standard InChI is InChI=1S/C13H22N4O2/c1-4-17-12(11(14)8(2)15-17)13(19)16-6-5-10(7-16)9(3)18/h9-10,18H,4-7,14H2,1-3H3. The fraction of sp³-hybridized carbons (Fsp3) is 0.692. The van der Waals surface area contributed by atoms with Gasteiger partial charge in [0.15, 0.2) is 0 Å². The lowest BCUT2D eigenvalue weighted by atomic mass is 10.0. The molecule has 0 spiro atoms. The maximum absolute atomic E-state index is 12.5. The second-order valence-corrected chi connectivity index (χ2v) is 5.20. The average molecular weight is 266 g/mol. The molecule has 106 valence electrons. The minimum Gasteiger partial charge on any atom is -0.395 e. The van der Waals surface area contributed by atoms with Crippen LogP contribution in [0, 0.1) is 12.8 Å². The molecule has 19 heavy (non-hydrogen) atoms. The van der Waals surface area contributed by atoms with E-state index in [2.05, 4.69) is 5.10 Å². The number of aliphatic hydroxyl groups is 1. The summed E-state index contributed by atoms with van der Waals surface area (Å²) >= 11 is 0. The van der Waals surface area contributed by atoms with Crippen molar-refractivity contribution in [2.24, 2.45) is 5.92 Å². The smallest absolute Gasteiger partial charge is 0.274 e. The van der Waals surface area contributed by atoms with Gasteiger partial charge in [-0.25, -0.2) is 0 Å². The topological polar surface area (TPSA) is 84.4 Å². The number of aliphatic hydroxyl groups excluding tert-OH is 1. The zero-order valence-electron chi connectivity index (χ0n) is 11.8. The third-order valence-corrected chi connectivity index (χ3v) is 3.87. The Morgan fingerprint density at radius 3 is 2.84 bits per heavy atom. The second kappa shape index (κ2) is 5.21. The summed E-state index contributed by atoms with van der Waals surface area (Å²) in [7, 11) is 0. The van der Waals surface area contributed by atoms with Crippen LogP contribution in [0.2, 0.25) is 0 Å². The summed E-state index contributed by atoms with van der Waals surface area (Å²) in [5.74, 6) is 0.0763. The number of aryl methyl sites for hydroxylation is 2. The van der Waals surface area contributed by atoms with E-state index in [1.807, 2.05) is 6.92 Å². The Hall–Kier alpha value is -1.56. The highest BCUT2D eigenvalue weighted by Crippen LogP contribution is 2.24. The highest BCUT2D eigenvalue weighted by atomic mass is 16.3. The fourth-order valence-electron chi connectivity index (χ4n) is 2.57. The van der Waals surface area contributed by atoms with E-state index < -0.39 is 0 Å². The van der Waals surface area contributed by atoms with E-state index in [0.29, 0.717) is 36.7 Å². The van der Waals surface area contributed by atoms with E-state index in [9.17, 15) is 9.90 Å². The summed E-state index contributed by atoms with van der Waals surface area (Å²) < 4.78 is 1.66. The van der Waals surface area contributed by atoms with Gasteiger partial charge < -0.3 is 15.7 Å². The number of carbonyl (C=O) groups excluding carboxylic acids is 1. The lowest BCUT2D eigenvalue weighted by Crippen LogP contribution is -2.32. The van der Waals surface area contributed by atoms with Gasteiger partial charge in [-0.3, -0.25) is 9.48 Å². The zero-order chi connectivity index (χ0) is 14.2. The first-order chi connectivity index (χ1) is 8.95. The summed E-state index contributed by atoms with van der Waals surface area (Å²) in [5, 5.41) is 13.9. The number of anilines is 1. The first-order valence-corrected chi connectivity index (χ1v) is 6.75. The lowest BCUT2D eigenvalue weighted by molar-refractivity contribution is 0.0751. The molecule has 2 rings (SSSR count). The molecule has 2 heterocycles. The highest BCUT2D eigenvalue weighted by molar-refractivity contribution is 5.98. The molecular formula is C13H22N4O2. The van der Waals surface area contributed by atoms with E-state index in [1.54, 1.807) is 23.4 Å². The van der Waals surface area contributed by atoms with Crippen LogP contribution in [-0.2, 0) is 6.54 Å². The first kappa shape index (κ1) is 13.9. The first-order valence-electron chi connectivity index (χ1n) is 6.75. The summed E-state index contributed by atoms with van der Waals surface area (Å²) in [4.78, 5) is 14.3. The van der Waals surface area contributed by atoms with Crippen molar-refractivity contribution in [3.05, 3.63) is 11.4 Å². The number of carbonyl (C=O) groups is 1. The van der Waals surface area contributed by atoms with Crippen molar-refractivity contribution in [3.8, 4) is 0 Å². The molecule has 2 atom stereocenters. The number of hydrogen-bond acceptors (Lipinski definition) is 4. The number of nitrogens with zero attached hydrogens (tertiary/aromatic N) is 3. The molecule has 1 amide bonds. The Labute approximate surface area is 113 Å². The van der Waals surface area contributed by atoms with Crippen molar-refractivity contribution in [2.75, 3.05) is 18.8 Å². The summed E-state index contributed by atoms with van der Waals surface area (Å²) in [6.45, 7) is 7.39. The quantitative estimate of drug-likeness (QED) is 0.840. The van der Waals surface area contributed by atoms with Crippen LogP contribution in [0.5, 0.6) is 0 Å². The van der Waals surface area contributed by atoms with Gasteiger partial charge in [0.05, 0.1) is 17.5 Å². The highest BCUT2D eigenvalue weighted by Gasteiger charge is 2.32. The van der Waals surface area contributed by atoms with Crippen molar-refractivity contribution in [3.63, 3.8) is 0 Å². The predicted octanol–water partition coefficient (Wildman–Crippen LogP) is 0.637. The number of likely N-dealkylation sites (tertiary alicyclic amines) is 1. The van der Waals surface area contributed by atoms with Crippen molar-refractivity contribution in [1.29, 1.82) is 0 Å². The van der Waals surface area contributed by atoms with Crippen LogP contribution in [-0.4, -0.2) is 44.9 Å². The molecular weight excluding hydrogens is 244 g/mol. The maximum Gasteiger partial charge on any atom is 0.274 e. The van der Waals surface area contributed by atoms with Crippen molar-refractivity contribution in [2.45, 2.75) is 39.8 Å². The molecule has 1 aromatic rings. The molecule has 1 aromatic heterocycles. The van der Waals surface area contributed by atoms with E-state index in [1.165, 1.54) is 0 Å². The largest absolute Gasteiger partial charge is 0.395 e. The van der Waals surface area contributed by atoms with Crippen molar-refractivity contribution >= 4 is 11.6 Å². The molecule has 3 N–H and O–H groups in total. The molecule has 6 nitrogen and oxygen atoms in total. The Morgan fingerprint density at radius 2 is 2.32 bits per heavy atom. The van der Waals surface area contributed by atoms with E-state index in [0.717, 1.165) is 6.42 Å². The van der Waals surface area contributed by atoms with Gasteiger partial charge in [-0.1, -0.05) is 0 Å². The number of nitrogen functional groups attached to an aromatic ring is 1. The van der Waals surface area contributed by atoms with Crippen molar-refractivity contribution in [1.82, 2.24) is 14.7 Å². The molecule has 0 saturated carbocycles. The minimum atomic E-state index is -0.382. The summed E-state index contributed by atoms with van der Waals surface area (Å²) in [5.41, 5.74) is 7.60. The van der Waals surface area contributed by atoms with Crippen LogP contribution in [0.4, 0.5) is 5.69 Å². The van der Waals surface area contributed by atoms with Gasteiger partial charge in [-0.05, 0) is 27.2 Å². The SMILES string of the molecule is CCn1nc(C)c(N)c1C(=O)N1CCC(C(C)O)C1. The molecule has 0 aliphatic carbocycles. The van der Waals surface area contributed by atoms with Gasteiger partial charge in [0.2, 0.25) is 0 Å². The summed E-state index contributed by atoms with van der Waals surface area (Å²) in [6, 6.07) is 0. The Balaban J connectivity index is 2.21. The van der Waals surface area contributed by atoms with Crippen molar-refractivity contribution < 1.29 is 9.90 Å². The summed E-state index contributed by atoms with van der Waals surface area (Å²) in [6.07, 6.45) is 0.454. The molecule has 1 aliphatic heterocycles. The van der Waals surface area contributed by atoms with Gasteiger partial charge in [0.1, 0.15) is 5.69 Å². The normalized spacial score (nSPS) is 20.8. The van der Waals surface area contributed by atoms with Gasteiger partial charge in [-0.15, -0.1) is 0 Å². The van der Waals surface area contributed by atoms with E-state index >= 15 is 0 Å². The number of rotatable bonds is 3. The number of hydrogen-bond donors (Lipinski definition) is 2. The third-order valence-electron chi connectivity index (χ3n) is 3.87. The van der Waals surface area contributed by atoms with Crippen LogP contribution in [0.1, 0.15) is 36.5 Å². The van der Waals surface area contributed by atoms with Gasteiger partial charge in [0, 0.05) is 25.6 Å². The third kappa shape index (κ3) is 2.45. The molecule has 0 radical (unpaired) electrons. The van der Waals surface area contributed by atoms with Crippen LogP contribution in [0.3, 0.4) is 0 Å². The Bertz CT molecular complexity index is 481. The molecule has 0 aromatic carbocycles. The Morgan fingerprint density at radius 1 is 1.63 bits per heavy atom. The van der Waals surface area contributed by atoms with Crippen LogP contribution in [0.25, 0.3) is 0 Å². The number of amides is 1. The fourth-order valence-corrected chi connectivity index (χ4v) is 2.57. The number of nitrogens with two attached hydrogens (primary N) is 1. The van der Waals surface area contributed by atoms with Crippen LogP contribution in [0.15, 0.2) is 0 Å². The molecule has 1 saturated heterocycles. The molecule has 6 heteroatoms. The minimum absolute atomic E-state index is 0.0805. The van der Waals surface area contributed by atoms with E-state index in [-0.39, 0.29) is 17.9 Å². The molecule has 2 unspecified atom stereocenters. The Kier molecular flexibility index (Phi) is 3.80. The maximum atomic E-state index is 12.5. The molecule has 1 aliphatic rings. The van der Waals surface area contributed by atoms with Gasteiger partial charge in [0.25, 0.3) is 5.91 Å². The average Bonchev–Trinajstić information content (AvgIpc) is 2.95. The van der Waals surface area contributed by atoms with Crippen LogP contribution >= 0.6 is 0 Å². The monoisotopic (exact) mass is 266 g/mol. The predicted molar refractivity (Wildman–Crippen MR) is 72.7 cm³/mol. The molecule has 1 fully saturated rings.